The fourth-order valence-corrected chi connectivity index (χ4v) is 9.00. The van der Waals surface area contributed by atoms with Crippen LogP contribution >= 0.6 is 11.8 Å². The molecule has 0 aromatic carbocycles. The Hall–Kier alpha value is -1.28. The van der Waals surface area contributed by atoms with Gasteiger partial charge in [-0.3, -0.25) is 14.4 Å². The van der Waals surface area contributed by atoms with E-state index in [2.05, 4.69) is 12.2 Å². The molecule has 2 bridgehead atoms. The smallest absolute Gasteiger partial charge is 0.310 e. The van der Waals surface area contributed by atoms with Crippen LogP contribution in [0.4, 0.5) is 0 Å². The number of esters is 1. The number of nitrogens with one attached hydrogen (secondary N) is 1. The normalized spacial score (nSPS) is 38.3. The van der Waals surface area contributed by atoms with Crippen LogP contribution in [0, 0.1) is 17.8 Å². The van der Waals surface area contributed by atoms with Gasteiger partial charge in [-0.1, -0.05) is 33.1 Å². The molecule has 0 aromatic heterocycles. The molecule has 7 atom stereocenters. The summed E-state index contributed by atoms with van der Waals surface area (Å²) < 4.78 is 4.72. The highest BCUT2D eigenvalue weighted by Gasteiger charge is 2.76. The molecule has 4 fully saturated rings. The minimum Gasteiger partial charge on any atom is -0.466 e. The maximum absolute atomic E-state index is 13.8. The summed E-state index contributed by atoms with van der Waals surface area (Å²) in [6.45, 7) is 5.90. The van der Waals surface area contributed by atoms with Crippen LogP contribution in [0.25, 0.3) is 0 Å². The average Bonchev–Trinajstić information content (AvgIpc) is 3.34. The first-order valence-electron chi connectivity index (χ1n) is 12.0. The number of thioether (sulfide) groups is 1. The Morgan fingerprint density at radius 2 is 2.00 bits per heavy atom. The zero-order chi connectivity index (χ0) is 22.3. The van der Waals surface area contributed by atoms with Gasteiger partial charge in [-0.15, -0.1) is 11.8 Å². The maximum Gasteiger partial charge on any atom is 0.310 e. The molecular formula is C23H36N2O5S. The van der Waals surface area contributed by atoms with Crippen molar-refractivity contribution in [2.45, 2.75) is 93.8 Å². The molecule has 2 N–H and O–H groups in total. The molecule has 3 unspecified atom stereocenters. The lowest BCUT2D eigenvalue weighted by Gasteiger charge is -2.40. The van der Waals surface area contributed by atoms with Gasteiger partial charge in [0.1, 0.15) is 6.04 Å². The van der Waals surface area contributed by atoms with E-state index in [9.17, 15) is 19.5 Å². The molecule has 1 aliphatic carbocycles. The number of nitrogens with zero attached hydrogens (tertiary/aromatic N) is 1. The minimum absolute atomic E-state index is 0.00401. The number of carbonyl (C=O) groups is 3. The summed E-state index contributed by atoms with van der Waals surface area (Å²) >= 11 is 1.66. The Balaban J connectivity index is 1.72. The minimum atomic E-state index is -0.659. The molecule has 8 heteroatoms. The average molecular weight is 453 g/mol. The Morgan fingerprint density at radius 1 is 1.29 bits per heavy atom. The van der Waals surface area contributed by atoms with Crippen LogP contribution in [0.3, 0.4) is 0 Å². The number of aliphatic hydroxyl groups is 1. The summed E-state index contributed by atoms with van der Waals surface area (Å²) in [7, 11) is 0. The van der Waals surface area contributed by atoms with Crippen LogP contribution in [-0.2, 0) is 19.1 Å². The number of ether oxygens (including phenoxy) is 1. The van der Waals surface area contributed by atoms with Gasteiger partial charge in [0.2, 0.25) is 11.8 Å². The number of likely N-dealkylation sites (tertiary alicyclic amines) is 1. The summed E-state index contributed by atoms with van der Waals surface area (Å²) in [5.41, 5.74) is 0. The number of hydrogen-bond donors (Lipinski definition) is 2. The summed E-state index contributed by atoms with van der Waals surface area (Å²) in [6, 6.07) is -0.944. The second-order valence-electron chi connectivity index (χ2n) is 9.64. The molecule has 1 spiro atoms. The molecule has 7 nitrogen and oxygen atoms in total. The molecule has 4 aliphatic rings. The van der Waals surface area contributed by atoms with Crippen LogP contribution in [-0.4, -0.2) is 69.1 Å². The van der Waals surface area contributed by atoms with Crippen molar-refractivity contribution in [3.63, 3.8) is 0 Å². The van der Waals surface area contributed by atoms with Crippen LogP contribution in [0.1, 0.15) is 65.7 Å². The van der Waals surface area contributed by atoms with Crippen LogP contribution in [0.15, 0.2) is 0 Å². The van der Waals surface area contributed by atoms with E-state index >= 15 is 0 Å². The summed E-state index contributed by atoms with van der Waals surface area (Å²) in [4.78, 5) is 42.1. The van der Waals surface area contributed by atoms with Crippen molar-refractivity contribution >= 4 is 29.5 Å². The Bertz CT molecular complexity index is 723. The van der Waals surface area contributed by atoms with E-state index in [1.54, 1.807) is 23.6 Å². The van der Waals surface area contributed by atoms with E-state index in [4.69, 9.17) is 4.74 Å². The highest BCUT2D eigenvalue weighted by Crippen LogP contribution is 2.69. The summed E-state index contributed by atoms with van der Waals surface area (Å²) in [5.74, 6) is -1.54. The van der Waals surface area contributed by atoms with Crippen molar-refractivity contribution < 1.29 is 24.2 Å². The van der Waals surface area contributed by atoms with Gasteiger partial charge in [-0.05, 0) is 38.5 Å². The zero-order valence-electron chi connectivity index (χ0n) is 18.8. The van der Waals surface area contributed by atoms with Crippen molar-refractivity contribution in [2.24, 2.45) is 17.8 Å². The second-order valence-corrected chi connectivity index (χ2v) is 11.2. The summed E-state index contributed by atoms with van der Waals surface area (Å²) in [6.07, 6.45) is 6.72. The first kappa shape index (κ1) is 22.9. The number of aliphatic hydroxyl groups excluding tert-OH is 1. The molecule has 2 amide bonds. The second kappa shape index (κ2) is 8.93. The van der Waals surface area contributed by atoms with Gasteiger partial charge in [0.15, 0.2) is 0 Å². The van der Waals surface area contributed by atoms with Crippen molar-refractivity contribution in [3.05, 3.63) is 0 Å². The van der Waals surface area contributed by atoms with Crippen molar-refractivity contribution in [3.8, 4) is 0 Å². The molecule has 1 saturated carbocycles. The SMILES string of the molecule is CCOC(=O)[C@@H]1[C@H]2C(=O)N([C@@H](CC)CO)C(C(=O)NC3CCCCC3)C23S[C@@H]1CC3C. The van der Waals surface area contributed by atoms with Gasteiger partial charge in [0.25, 0.3) is 0 Å². The van der Waals surface area contributed by atoms with Gasteiger partial charge < -0.3 is 20.1 Å². The lowest BCUT2D eigenvalue weighted by atomic mass is 9.66. The first-order chi connectivity index (χ1) is 14.9. The topological polar surface area (TPSA) is 95.9 Å². The van der Waals surface area contributed by atoms with E-state index in [1.165, 1.54) is 6.42 Å². The van der Waals surface area contributed by atoms with Gasteiger partial charge in [0.05, 0.1) is 35.8 Å². The number of carbonyl (C=O) groups excluding carboxylic acids is 3. The van der Waals surface area contributed by atoms with Crippen molar-refractivity contribution in [1.82, 2.24) is 10.2 Å². The van der Waals surface area contributed by atoms with E-state index in [-0.39, 0.29) is 48.2 Å². The Labute approximate surface area is 189 Å². The van der Waals surface area contributed by atoms with Crippen molar-refractivity contribution in [1.29, 1.82) is 0 Å². The highest BCUT2D eigenvalue weighted by atomic mass is 32.2. The molecule has 3 aliphatic heterocycles. The molecule has 0 radical (unpaired) electrons. The van der Waals surface area contributed by atoms with Gasteiger partial charge in [-0.2, -0.15) is 0 Å². The lowest BCUT2D eigenvalue weighted by molar-refractivity contribution is -0.154. The first-order valence-corrected chi connectivity index (χ1v) is 12.9. The largest absolute Gasteiger partial charge is 0.466 e. The van der Waals surface area contributed by atoms with Crippen LogP contribution in [0.2, 0.25) is 0 Å². The third-order valence-corrected chi connectivity index (χ3v) is 10.1. The lowest BCUT2D eigenvalue weighted by Crippen LogP contribution is -2.59. The standard InChI is InChI=1S/C23H36N2O5S/c1-4-15(12-26)25-19(20(27)24-14-9-7-6-8-10-14)23-13(3)11-16(31-23)17(18(23)21(25)28)22(29)30-5-2/h13-19,26H,4-12H2,1-3H3,(H,24,27)/t13?,15-,16+,17-,18-,19?,23?/m0/s1. The Morgan fingerprint density at radius 3 is 2.61 bits per heavy atom. The van der Waals surface area contributed by atoms with Gasteiger partial charge in [-0.25, -0.2) is 0 Å². The molecular weight excluding hydrogens is 416 g/mol. The van der Waals surface area contributed by atoms with E-state index < -0.39 is 28.7 Å². The predicted octanol–water partition coefficient (Wildman–Crippen LogP) is 2.11. The zero-order valence-corrected chi connectivity index (χ0v) is 19.7. The molecule has 3 heterocycles. The van der Waals surface area contributed by atoms with Gasteiger partial charge >= 0.3 is 5.97 Å². The van der Waals surface area contributed by atoms with Crippen molar-refractivity contribution in [2.75, 3.05) is 13.2 Å². The predicted molar refractivity (Wildman–Crippen MR) is 118 cm³/mol. The van der Waals surface area contributed by atoms with E-state index in [0.29, 0.717) is 6.42 Å². The number of amides is 2. The number of hydrogen-bond acceptors (Lipinski definition) is 6. The number of rotatable bonds is 7. The third kappa shape index (κ3) is 3.48. The van der Waals surface area contributed by atoms with E-state index in [0.717, 1.165) is 32.1 Å². The van der Waals surface area contributed by atoms with Crippen LogP contribution < -0.4 is 5.32 Å². The molecule has 0 aromatic rings. The van der Waals surface area contributed by atoms with Gasteiger partial charge in [0, 0.05) is 11.3 Å². The molecule has 174 valence electrons. The summed E-state index contributed by atoms with van der Waals surface area (Å²) in [5, 5.41) is 13.3. The highest BCUT2D eigenvalue weighted by molar-refractivity contribution is 8.02. The van der Waals surface area contributed by atoms with E-state index in [1.807, 2.05) is 6.92 Å². The quantitative estimate of drug-likeness (QED) is 0.575. The molecule has 4 rings (SSSR count). The van der Waals surface area contributed by atoms with Crippen LogP contribution in [0.5, 0.6) is 0 Å². The maximum atomic E-state index is 13.8. The fraction of sp³-hybridized carbons (Fsp3) is 0.870. The number of fused-ring (bicyclic) bond motifs is 1. The fourth-order valence-electron chi connectivity index (χ4n) is 6.60. The molecule has 31 heavy (non-hydrogen) atoms. The third-order valence-electron chi connectivity index (χ3n) is 8.02. The molecule has 3 saturated heterocycles. The monoisotopic (exact) mass is 452 g/mol. The Kier molecular flexibility index (Phi) is 6.59.